The lowest BCUT2D eigenvalue weighted by Gasteiger charge is -2.33. The molecule has 0 saturated carbocycles. The van der Waals surface area contributed by atoms with Gasteiger partial charge in [-0.1, -0.05) is 15.9 Å². The molecule has 0 radical (unpaired) electrons. The zero-order chi connectivity index (χ0) is 11.5. The summed E-state index contributed by atoms with van der Waals surface area (Å²) < 4.78 is 0.970. The molecule has 2 N–H and O–H groups in total. The van der Waals surface area contributed by atoms with Gasteiger partial charge >= 0.3 is 0 Å². The minimum atomic E-state index is -0.246. The molecule has 0 spiro atoms. The van der Waals surface area contributed by atoms with E-state index in [-0.39, 0.29) is 12.7 Å². The Morgan fingerprint density at radius 1 is 1.44 bits per heavy atom. The van der Waals surface area contributed by atoms with E-state index in [1.165, 1.54) is 0 Å². The van der Waals surface area contributed by atoms with Crippen LogP contribution in [0.4, 0.5) is 5.69 Å². The van der Waals surface area contributed by atoms with Gasteiger partial charge in [-0.3, -0.25) is 0 Å². The summed E-state index contributed by atoms with van der Waals surface area (Å²) in [5.74, 6) is 0. The van der Waals surface area contributed by atoms with Gasteiger partial charge in [0.2, 0.25) is 0 Å². The van der Waals surface area contributed by atoms with Crippen molar-refractivity contribution in [1.29, 1.82) is 0 Å². The molecule has 1 fully saturated rings. The van der Waals surface area contributed by atoms with Gasteiger partial charge in [-0.15, -0.1) is 0 Å². The Morgan fingerprint density at radius 2 is 2.25 bits per heavy atom. The number of hydrogen-bond donors (Lipinski definition) is 2. The maximum Gasteiger partial charge on any atom is 0.0715 e. The van der Waals surface area contributed by atoms with Crippen LogP contribution in [0.3, 0.4) is 0 Å². The predicted molar refractivity (Wildman–Crippen MR) is 67.5 cm³/mol. The average molecular weight is 286 g/mol. The zero-order valence-electron chi connectivity index (χ0n) is 9.06. The molecule has 1 aliphatic rings. The normalized spacial score (nSPS) is 21.2. The van der Waals surface area contributed by atoms with E-state index in [0.29, 0.717) is 6.54 Å². The monoisotopic (exact) mass is 285 g/mol. The second-order valence-electron chi connectivity index (χ2n) is 4.17. The Hall–Kier alpha value is -0.580. The number of hydrogen-bond acceptors (Lipinski definition) is 3. The fourth-order valence-electron chi connectivity index (χ4n) is 2.16. The van der Waals surface area contributed by atoms with Crippen molar-refractivity contribution in [1.82, 2.24) is 0 Å². The molecule has 0 aliphatic carbocycles. The Balaban J connectivity index is 2.24. The number of benzene rings is 1. The Morgan fingerprint density at radius 3 is 2.94 bits per heavy atom. The van der Waals surface area contributed by atoms with Crippen molar-refractivity contribution >= 4 is 21.6 Å². The van der Waals surface area contributed by atoms with Crippen LogP contribution in [-0.2, 0) is 6.61 Å². The first-order valence-corrected chi connectivity index (χ1v) is 6.32. The van der Waals surface area contributed by atoms with Crippen molar-refractivity contribution in [2.45, 2.75) is 25.6 Å². The highest BCUT2D eigenvalue weighted by molar-refractivity contribution is 9.10. The summed E-state index contributed by atoms with van der Waals surface area (Å²) in [6, 6.07) is 5.89. The van der Waals surface area contributed by atoms with Gasteiger partial charge in [0.1, 0.15) is 0 Å². The number of nitrogens with zero attached hydrogens (tertiary/aromatic N) is 1. The zero-order valence-corrected chi connectivity index (χ0v) is 10.7. The quantitative estimate of drug-likeness (QED) is 0.872. The van der Waals surface area contributed by atoms with Gasteiger partial charge in [0.15, 0.2) is 0 Å². The van der Waals surface area contributed by atoms with E-state index in [1.54, 1.807) is 0 Å². The Bertz CT molecular complexity index is 370. The summed E-state index contributed by atoms with van der Waals surface area (Å²) in [5.41, 5.74) is 1.94. The maximum absolute atomic E-state index is 9.65. The van der Waals surface area contributed by atoms with Gasteiger partial charge in [-0.2, -0.15) is 0 Å². The molecule has 4 heteroatoms. The summed E-state index contributed by atoms with van der Waals surface area (Å²) >= 11 is 3.39. The van der Waals surface area contributed by atoms with Gasteiger partial charge < -0.3 is 15.1 Å². The highest BCUT2D eigenvalue weighted by Crippen LogP contribution is 2.27. The largest absolute Gasteiger partial charge is 0.392 e. The van der Waals surface area contributed by atoms with Crippen LogP contribution in [0.5, 0.6) is 0 Å². The van der Waals surface area contributed by atoms with E-state index < -0.39 is 0 Å². The molecular weight excluding hydrogens is 270 g/mol. The molecule has 1 aromatic rings. The number of rotatable bonds is 2. The second kappa shape index (κ2) is 5.17. The molecule has 0 bridgehead atoms. The lowest BCUT2D eigenvalue weighted by molar-refractivity contribution is 0.154. The molecule has 16 heavy (non-hydrogen) atoms. The maximum atomic E-state index is 9.65. The number of piperidine rings is 1. The topological polar surface area (TPSA) is 43.7 Å². The lowest BCUT2D eigenvalue weighted by atomic mass is 10.1. The molecule has 2 rings (SSSR count). The van der Waals surface area contributed by atoms with E-state index >= 15 is 0 Å². The SMILES string of the molecule is OCc1cc(Br)ccc1N1CCCC(O)C1. The van der Waals surface area contributed by atoms with Crippen LogP contribution >= 0.6 is 15.9 Å². The van der Waals surface area contributed by atoms with Crippen molar-refractivity contribution in [2.24, 2.45) is 0 Å². The summed E-state index contributed by atoms with van der Waals surface area (Å²) in [6.45, 7) is 1.64. The molecule has 0 amide bonds. The molecule has 0 aromatic heterocycles. The first-order valence-electron chi connectivity index (χ1n) is 5.53. The number of β-amino-alcohol motifs (C(OH)–C–C–N with tert-alkyl or cyclic N) is 1. The molecule has 1 saturated heterocycles. The van der Waals surface area contributed by atoms with Crippen LogP contribution in [0.1, 0.15) is 18.4 Å². The molecule has 1 aliphatic heterocycles. The molecule has 1 aromatic carbocycles. The summed E-state index contributed by atoms with van der Waals surface area (Å²) in [6.07, 6.45) is 1.63. The Kier molecular flexibility index (Phi) is 3.84. The Labute approximate surface area is 104 Å². The van der Waals surface area contributed by atoms with Crippen LogP contribution in [0.2, 0.25) is 0 Å². The number of aliphatic hydroxyl groups excluding tert-OH is 2. The van der Waals surface area contributed by atoms with E-state index in [2.05, 4.69) is 20.8 Å². The van der Waals surface area contributed by atoms with Gasteiger partial charge in [-0.05, 0) is 31.0 Å². The van der Waals surface area contributed by atoms with Crippen LogP contribution in [-0.4, -0.2) is 29.4 Å². The van der Waals surface area contributed by atoms with E-state index in [0.717, 1.165) is 35.1 Å². The summed E-state index contributed by atoms with van der Waals surface area (Å²) in [4.78, 5) is 2.14. The standard InChI is InChI=1S/C12H16BrNO2/c13-10-3-4-12(9(6-10)8-15)14-5-1-2-11(16)7-14/h3-4,6,11,15-16H,1-2,5,7-8H2. The second-order valence-corrected chi connectivity index (χ2v) is 5.09. The van der Waals surface area contributed by atoms with Gasteiger partial charge in [0, 0.05) is 28.8 Å². The van der Waals surface area contributed by atoms with Crippen molar-refractivity contribution in [3.8, 4) is 0 Å². The van der Waals surface area contributed by atoms with E-state index in [9.17, 15) is 10.2 Å². The van der Waals surface area contributed by atoms with Gasteiger partial charge in [-0.25, -0.2) is 0 Å². The number of anilines is 1. The molecule has 3 nitrogen and oxygen atoms in total. The minimum absolute atomic E-state index is 0.0291. The third-order valence-electron chi connectivity index (χ3n) is 2.95. The van der Waals surface area contributed by atoms with Crippen LogP contribution in [0.25, 0.3) is 0 Å². The van der Waals surface area contributed by atoms with E-state index in [1.807, 2.05) is 18.2 Å². The van der Waals surface area contributed by atoms with Gasteiger partial charge in [0.25, 0.3) is 0 Å². The van der Waals surface area contributed by atoms with Crippen molar-refractivity contribution in [2.75, 3.05) is 18.0 Å². The van der Waals surface area contributed by atoms with Gasteiger partial charge in [0.05, 0.1) is 12.7 Å². The number of aliphatic hydroxyl groups is 2. The highest BCUT2D eigenvalue weighted by Gasteiger charge is 2.19. The third kappa shape index (κ3) is 2.56. The lowest BCUT2D eigenvalue weighted by Crippen LogP contribution is -2.38. The first kappa shape index (κ1) is 11.9. The smallest absolute Gasteiger partial charge is 0.0715 e. The van der Waals surface area contributed by atoms with Crippen LogP contribution < -0.4 is 4.90 Å². The van der Waals surface area contributed by atoms with Crippen molar-refractivity contribution in [3.05, 3.63) is 28.2 Å². The number of halogens is 1. The van der Waals surface area contributed by atoms with Crippen LogP contribution in [0.15, 0.2) is 22.7 Å². The summed E-state index contributed by atoms with van der Waals surface area (Å²) in [5, 5.41) is 19.0. The van der Waals surface area contributed by atoms with Crippen molar-refractivity contribution in [3.63, 3.8) is 0 Å². The summed E-state index contributed by atoms with van der Waals surface area (Å²) in [7, 11) is 0. The molecule has 88 valence electrons. The molecule has 1 atom stereocenters. The molecule has 1 heterocycles. The first-order chi connectivity index (χ1) is 7.70. The predicted octanol–water partition coefficient (Wildman–Crippen LogP) is 1.90. The minimum Gasteiger partial charge on any atom is -0.392 e. The fourth-order valence-corrected chi connectivity index (χ4v) is 2.57. The van der Waals surface area contributed by atoms with Crippen molar-refractivity contribution < 1.29 is 10.2 Å². The third-order valence-corrected chi connectivity index (χ3v) is 3.44. The highest BCUT2D eigenvalue weighted by atomic mass is 79.9. The molecule has 1 unspecified atom stereocenters. The average Bonchev–Trinajstić information content (AvgIpc) is 2.28. The fraction of sp³-hybridized carbons (Fsp3) is 0.500. The molecular formula is C12H16BrNO2. The van der Waals surface area contributed by atoms with E-state index in [4.69, 9.17) is 0 Å². The van der Waals surface area contributed by atoms with Crippen LogP contribution in [0, 0.1) is 0 Å².